The second kappa shape index (κ2) is 7.10. The summed E-state index contributed by atoms with van der Waals surface area (Å²) in [7, 11) is 0. The monoisotopic (exact) mass is 273 g/mol. The molecule has 3 unspecified atom stereocenters. The van der Waals surface area contributed by atoms with Crippen LogP contribution in [0, 0.1) is 11.8 Å². The average Bonchev–Trinajstić information content (AvgIpc) is 2.27. The van der Waals surface area contributed by atoms with Crippen molar-refractivity contribution in [2.24, 2.45) is 11.8 Å². The van der Waals surface area contributed by atoms with Gasteiger partial charge in [-0.25, -0.2) is 4.79 Å². The zero-order valence-corrected chi connectivity index (χ0v) is 12.4. The van der Waals surface area contributed by atoms with Crippen molar-refractivity contribution >= 4 is 6.09 Å². The Morgan fingerprint density at radius 2 is 2.11 bits per heavy atom. The van der Waals surface area contributed by atoms with Crippen molar-refractivity contribution in [1.29, 1.82) is 0 Å². The number of hydrogen-bond donors (Lipinski definition) is 2. The van der Waals surface area contributed by atoms with E-state index in [-0.39, 0.29) is 12.7 Å². The summed E-state index contributed by atoms with van der Waals surface area (Å²) in [5, 5.41) is 9.39. The Kier molecular flexibility index (Phi) is 6.07. The Morgan fingerprint density at radius 1 is 1.42 bits per heavy atom. The second-order valence-electron chi connectivity index (χ2n) is 6.47. The molecule has 19 heavy (non-hydrogen) atoms. The second-order valence-corrected chi connectivity index (χ2v) is 6.47. The van der Waals surface area contributed by atoms with E-state index in [9.17, 15) is 9.90 Å². The highest BCUT2D eigenvalue weighted by Gasteiger charge is 2.28. The summed E-state index contributed by atoms with van der Waals surface area (Å²) >= 11 is 0. The lowest BCUT2D eigenvalue weighted by Gasteiger charge is -2.31. The van der Waals surface area contributed by atoms with Crippen LogP contribution in [-0.4, -0.2) is 29.5 Å². The van der Waals surface area contributed by atoms with Crippen LogP contribution >= 0.6 is 0 Å². The van der Waals surface area contributed by atoms with Gasteiger partial charge in [-0.2, -0.15) is 5.48 Å². The lowest BCUT2D eigenvalue weighted by Crippen LogP contribution is -2.40. The molecule has 1 amide bonds. The van der Waals surface area contributed by atoms with Gasteiger partial charge in [0.15, 0.2) is 0 Å². The molecule has 0 heterocycles. The van der Waals surface area contributed by atoms with Crippen LogP contribution in [0.1, 0.15) is 53.4 Å². The van der Waals surface area contributed by atoms with E-state index in [1.54, 1.807) is 20.8 Å². The molecule has 0 aromatic rings. The third kappa shape index (κ3) is 6.25. The molecular weight excluding hydrogens is 246 g/mol. The zero-order chi connectivity index (χ0) is 14.5. The Bertz CT molecular complexity index is 288. The molecule has 3 atom stereocenters. The van der Waals surface area contributed by atoms with Crippen LogP contribution in [0.3, 0.4) is 0 Å². The van der Waals surface area contributed by atoms with Crippen molar-refractivity contribution in [2.75, 3.05) is 6.61 Å². The molecule has 1 aliphatic rings. The molecular formula is C14H27NO4. The maximum Gasteiger partial charge on any atom is 0.431 e. The van der Waals surface area contributed by atoms with Crippen molar-refractivity contribution < 1.29 is 19.5 Å². The van der Waals surface area contributed by atoms with Gasteiger partial charge >= 0.3 is 6.09 Å². The van der Waals surface area contributed by atoms with Crippen LogP contribution in [0.2, 0.25) is 0 Å². The molecule has 1 aliphatic carbocycles. The summed E-state index contributed by atoms with van der Waals surface area (Å²) in [5.41, 5.74) is 1.73. The fraction of sp³-hybridized carbons (Fsp3) is 0.929. The molecule has 2 N–H and O–H groups in total. The number of amides is 1. The van der Waals surface area contributed by atoms with Crippen molar-refractivity contribution in [3.05, 3.63) is 0 Å². The maximum absolute atomic E-state index is 11.5. The summed E-state index contributed by atoms with van der Waals surface area (Å²) in [5.74, 6) is 0.946. The van der Waals surface area contributed by atoms with Crippen LogP contribution in [0.25, 0.3) is 0 Å². The van der Waals surface area contributed by atoms with E-state index in [0.717, 1.165) is 19.3 Å². The fourth-order valence-corrected chi connectivity index (χ4v) is 2.52. The molecule has 0 aromatic carbocycles. The Morgan fingerprint density at radius 3 is 2.63 bits per heavy atom. The van der Waals surface area contributed by atoms with Crippen molar-refractivity contribution in [1.82, 2.24) is 5.48 Å². The van der Waals surface area contributed by atoms with Crippen LogP contribution in [0.15, 0.2) is 0 Å². The number of ether oxygens (including phenoxy) is 1. The number of carbonyl (C=O) groups is 1. The molecule has 0 aromatic heterocycles. The third-order valence-electron chi connectivity index (χ3n) is 3.38. The SMILES string of the molecule is CC1CCCC(C(CO)ONC(=O)OC(C)(C)C)C1. The summed E-state index contributed by atoms with van der Waals surface area (Å²) < 4.78 is 5.08. The number of aliphatic hydroxyl groups excluding tert-OH is 1. The van der Waals surface area contributed by atoms with Crippen LogP contribution in [0.4, 0.5) is 4.79 Å². The molecule has 0 spiro atoms. The van der Waals surface area contributed by atoms with Gasteiger partial charge in [0.2, 0.25) is 0 Å². The normalized spacial score (nSPS) is 25.7. The highest BCUT2D eigenvalue weighted by Crippen LogP contribution is 2.31. The fourth-order valence-electron chi connectivity index (χ4n) is 2.52. The predicted octanol–water partition coefficient (Wildman–Crippen LogP) is 2.63. The molecule has 112 valence electrons. The third-order valence-corrected chi connectivity index (χ3v) is 3.38. The quantitative estimate of drug-likeness (QED) is 0.773. The van der Waals surface area contributed by atoms with E-state index in [1.807, 2.05) is 0 Å². The summed E-state index contributed by atoms with van der Waals surface area (Å²) in [4.78, 5) is 16.8. The molecule has 0 bridgehead atoms. The minimum Gasteiger partial charge on any atom is -0.442 e. The smallest absolute Gasteiger partial charge is 0.431 e. The number of rotatable bonds is 4. The number of nitrogens with one attached hydrogen (secondary N) is 1. The Labute approximate surface area is 115 Å². The summed E-state index contributed by atoms with van der Waals surface area (Å²) in [6, 6.07) is 0. The van der Waals surface area contributed by atoms with Gasteiger partial charge in [0, 0.05) is 0 Å². The predicted molar refractivity (Wildman–Crippen MR) is 72.5 cm³/mol. The first-order chi connectivity index (χ1) is 8.81. The standard InChI is InChI=1S/C14H27NO4/c1-10-6-5-7-11(8-10)12(9-16)19-15-13(17)18-14(2,3)4/h10-12,16H,5-9H2,1-4H3,(H,15,17). The average molecular weight is 273 g/mol. The van der Waals surface area contributed by atoms with Crippen molar-refractivity contribution in [2.45, 2.75) is 65.1 Å². The maximum atomic E-state index is 11.5. The molecule has 1 rings (SSSR count). The van der Waals surface area contributed by atoms with Crippen molar-refractivity contribution in [3.63, 3.8) is 0 Å². The van der Waals surface area contributed by atoms with Gasteiger partial charge in [0.1, 0.15) is 11.7 Å². The summed E-state index contributed by atoms with van der Waals surface area (Å²) in [6.07, 6.45) is 3.48. The van der Waals surface area contributed by atoms with E-state index in [4.69, 9.17) is 9.57 Å². The summed E-state index contributed by atoms with van der Waals surface area (Å²) in [6.45, 7) is 7.49. The molecule has 5 nitrogen and oxygen atoms in total. The number of hydroxylamine groups is 1. The Hall–Kier alpha value is -0.810. The van der Waals surface area contributed by atoms with Crippen molar-refractivity contribution in [3.8, 4) is 0 Å². The van der Waals surface area contributed by atoms with Gasteiger partial charge in [-0.05, 0) is 45.4 Å². The van der Waals surface area contributed by atoms with Gasteiger partial charge in [-0.1, -0.05) is 19.8 Å². The van der Waals surface area contributed by atoms with E-state index >= 15 is 0 Å². The first kappa shape index (κ1) is 16.2. The minimum absolute atomic E-state index is 0.0901. The number of hydrogen-bond acceptors (Lipinski definition) is 4. The molecule has 0 aliphatic heterocycles. The van der Waals surface area contributed by atoms with Crippen LogP contribution < -0.4 is 5.48 Å². The lowest BCUT2D eigenvalue weighted by atomic mass is 9.80. The van der Waals surface area contributed by atoms with Crippen LogP contribution in [-0.2, 0) is 9.57 Å². The van der Waals surface area contributed by atoms with E-state index in [1.165, 1.54) is 6.42 Å². The highest BCUT2D eigenvalue weighted by molar-refractivity contribution is 5.66. The first-order valence-electron chi connectivity index (χ1n) is 7.07. The van der Waals surface area contributed by atoms with E-state index in [0.29, 0.717) is 11.8 Å². The molecule has 5 heteroatoms. The number of aliphatic hydroxyl groups is 1. The van der Waals surface area contributed by atoms with Gasteiger partial charge < -0.3 is 9.84 Å². The first-order valence-corrected chi connectivity index (χ1v) is 7.07. The van der Waals surface area contributed by atoms with Crippen LogP contribution in [0.5, 0.6) is 0 Å². The van der Waals surface area contributed by atoms with Gasteiger partial charge in [-0.15, -0.1) is 0 Å². The zero-order valence-electron chi connectivity index (χ0n) is 12.4. The largest absolute Gasteiger partial charge is 0.442 e. The van der Waals surface area contributed by atoms with Gasteiger partial charge in [0.25, 0.3) is 0 Å². The molecule has 0 saturated heterocycles. The Balaban J connectivity index is 2.38. The molecule has 0 radical (unpaired) electrons. The lowest BCUT2D eigenvalue weighted by molar-refractivity contribution is -0.0902. The number of carbonyl (C=O) groups excluding carboxylic acids is 1. The van der Waals surface area contributed by atoms with Gasteiger partial charge in [-0.3, -0.25) is 4.84 Å². The highest BCUT2D eigenvalue weighted by atomic mass is 16.7. The van der Waals surface area contributed by atoms with Gasteiger partial charge in [0.05, 0.1) is 6.61 Å². The minimum atomic E-state index is -0.616. The van der Waals surface area contributed by atoms with E-state index in [2.05, 4.69) is 12.4 Å². The topological polar surface area (TPSA) is 67.8 Å². The molecule has 1 saturated carbocycles. The molecule has 1 fully saturated rings. The van der Waals surface area contributed by atoms with E-state index < -0.39 is 11.7 Å².